The highest BCUT2D eigenvalue weighted by molar-refractivity contribution is 7.75. The summed E-state index contributed by atoms with van der Waals surface area (Å²) < 4.78 is 0. The van der Waals surface area contributed by atoms with E-state index >= 15 is 0 Å². The highest BCUT2D eigenvalue weighted by atomic mass is 31.2. The number of hydrogen-bond acceptors (Lipinski definition) is 2. The van der Waals surface area contributed by atoms with Gasteiger partial charge in [-0.2, -0.15) is 15.4 Å². The molecular weight excluding hydrogens is 289 g/mol. The average molecular weight is 322 g/mol. The molecule has 1 N–H and O–H groups in total. The van der Waals surface area contributed by atoms with Gasteiger partial charge in [-0.05, 0) is 37.8 Å². The quantitative estimate of drug-likeness (QED) is 0.642. The van der Waals surface area contributed by atoms with Gasteiger partial charge in [0.05, 0.1) is 24.6 Å². The van der Waals surface area contributed by atoms with Gasteiger partial charge < -0.3 is 0 Å². The number of aromatic nitrogens is 3. The molecule has 0 atom stereocenters. The summed E-state index contributed by atoms with van der Waals surface area (Å²) in [6.07, 6.45) is 11.9. The van der Waals surface area contributed by atoms with Gasteiger partial charge in [0, 0.05) is 7.26 Å². The minimum atomic E-state index is -0.496. The predicted octanol–water partition coefficient (Wildman–Crippen LogP) is 5.60. The van der Waals surface area contributed by atoms with E-state index < -0.39 is 7.26 Å². The third kappa shape index (κ3) is 6.04. The van der Waals surface area contributed by atoms with Crippen LogP contribution < -0.4 is 0 Å². The molecule has 0 aliphatic rings. The molecule has 124 valence electrons. The first-order valence-corrected chi connectivity index (χ1v) is 11.3. The Bertz CT molecular complexity index is 450. The zero-order valence-electron chi connectivity index (χ0n) is 14.8. The topological polar surface area (TPSA) is 41.6 Å². The number of para-hydroxylation sites is 2. The van der Waals surface area contributed by atoms with Gasteiger partial charge in [0.2, 0.25) is 0 Å². The molecule has 2 rings (SSSR count). The number of nitrogens with zero attached hydrogens (tertiary/aromatic N) is 2. The van der Waals surface area contributed by atoms with Gasteiger partial charge in [-0.1, -0.05) is 39.8 Å². The van der Waals surface area contributed by atoms with Crippen molar-refractivity contribution in [3.8, 4) is 0 Å². The van der Waals surface area contributed by atoms with E-state index in [0.717, 1.165) is 11.0 Å². The molecule has 3 nitrogen and oxygen atoms in total. The van der Waals surface area contributed by atoms with E-state index in [2.05, 4.69) is 43.1 Å². The van der Waals surface area contributed by atoms with Crippen LogP contribution >= 0.6 is 7.26 Å². The molecule has 4 heteroatoms. The number of benzene rings is 1. The maximum absolute atomic E-state index is 3.88. The summed E-state index contributed by atoms with van der Waals surface area (Å²) in [5, 5.41) is 10.3. The molecule has 0 aliphatic heterocycles. The summed E-state index contributed by atoms with van der Waals surface area (Å²) in [6.45, 7) is 9.43. The van der Waals surface area contributed by atoms with Crippen LogP contribution in [0.4, 0.5) is 0 Å². The summed E-state index contributed by atoms with van der Waals surface area (Å²) >= 11 is 0. The average Bonchev–Trinajstić information content (AvgIpc) is 2.97. The summed E-state index contributed by atoms with van der Waals surface area (Å²) in [4.78, 5) is 0. The minimum Gasteiger partial charge on any atom is -0.197 e. The standard InChI is InChI=1S/C12H28P.C6H5N3/c1-5-9-13(10-6-2,11-7-3)12-8-4;1-2-4-6-5(3-1)7-9-8-6/h5-12H2,1-4H3;1-4H,(H,7,8,9)/q+1;. The first-order chi connectivity index (χ1) is 10.7. The normalized spacial score (nSPS) is 11.3. The van der Waals surface area contributed by atoms with Gasteiger partial charge in [-0.15, -0.1) is 0 Å². The second-order valence-corrected chi connectivity index (χ2v) is 10.5. The fraction of sp³-hybridized carbons (Fsp3) is 0.667. The van der Waals surface area contributed by atoms with Gasteiger partial charge in [0.25, 0.3) is 0 Å². The van der Waals surface area contributed by atoms with Crippen LogP contribution in [0.3, 0.4) is 0 Å². The summed E-state index contributed by atoms with van der Waals surface area (Å²) in [5.41, 5.74) is 1.83. The Morgan fingerprint density at radius 2 is 1.09 bits per heavy atom. The second kappa shape index (κ2) is 10.7. The van der Waals surface area contributed by atoms with Gasteiger partial charge in [0.1, 0.15) is 11.0 Å². The zero-order valence-corrected chi connectivity index (χ0v) is 15.7. The molecule has 1 aromatic carbocycles. The molecule has 0 saturated carbocycles. The molecule has 0 unspecified atom stereocenters. The van der Waals surface area contributed by atoms with Gasteiger partial charge in [-0.3, -0.25) is 0 Å². The van der Waals surface area contributed by atoms with Crippen LogP contribution in [0.5, 0.6) is 0 Å². The maximum atomic E-state index is 3.88. The Morgan fingerprint density at radius 1 is 0.727 bits per heavy atom. The number of hydrogen-bond donors (Lipinski definition) is 1. The second-order valence-electron chi connectivity index (χ2n) is 6.05. The van der Waals surface area contributed by atoms with Crippen molar-refractivity contribution in [1.82, 2.24) is 15.4 Å². The first-order valence-electron chi connectivity index (χ1n) is 8.82. The lowest BCUT2D eigenvalue weighted by atomic mass is 10.3. The molecule has 2 aromatic rings. The Morgan fingerprint density at radius 3 is 1.41 bits per heavy atom. The Hall–Kier alpha value is -0.950. The number of rotatable bonds is 8. The SMILES string of the molecule is CCC[P+](CCC)(CCC)CCC.c1ccc2n[nH]nc2c1. The van der Waals surface area contributed by atoms with Crippen molar-refractivity contribution in [2.75, 3.05) is 24.6 Å². The fourth-order valence-corrected chi connectivity index (χ4v) is 8.49. The zero-order chi connectivity index (χ0) is 16.3. The molecule has 0 amide bonds. The molecule has 0 aliphatic carbocycles. The molecule has 1 aromatic heterocycles. The van der Waals surface area contributed by atoms with Crippen molar-refractivity contribution in [2.45, 2.75) is 53.4 Å². The first kappa shape index (κ1) is 19.1. The van der Waals surface area contributed by atoms with Crippen LogP contribution in [0.25, 0.3) is 11.0 Å². The largest absolute Gasteiger partial charge is 0.197 e. The molecule has 0 radical (unpaired) electrons. The van der Waals surface area contributed by atoms with Crippen LogP contribution in [-0.2, 0) is 0 Å². The Kier molecular flexibility index (Phi) is 9.31. The number of fused-ring (bicyclic) bond motifs is 1. The number of aromatic amines is 1. The third-order valence-electron chi connectivity index (χ3n) is 4.01. The fourth-order valence-electron chi connectivity index (χ4n) is 3.35. The van der Waals surface area contributed by atoms with Crippen molar-refractivity contribution in [3.63, 3.8) is 0 Å². The van der Waals surface area contributed by atoms with Gasteiger partial charge in [-0.25, -0.2) is 0 Å². The van der Waals surface area contributed by atoms with E-state index in [4.69, 9.17) is 0 Å². The molecule has 0 fully saturated rings. The third-order valence-corrected chi connectivity index (χ3v) is 9.60. The molecule has 22 heavy (non-hydrogen) atoms. The van der Waals surface area contributed by atoms with Crippen molar-refractivity contribution in [3.05, 3.63) is 24.3 Å². The van der Waals surface area contributed by atoms with Crippen LogP contribution in [0.15, 0.2) is 24.3 Å². The van der Waals surface area contributed by atoms with Gasteiger partial charge >= 0.3 is 0 Å². The van der Waals surface area contributed by atoms with E-state index in [1.165, 1.54) is 25.7 Å². The lowest BCUT2D eigenvalue weighted by Gasteiger charge is -2.26. The molecule has 0 spiro atoms. The molecular formula is C18H33N3P+. The van der Waals surface area contributed by atoms with E-state index in [9.17, 15) is 0 Å². The van der Waals surface area contributed by atoms with Crippen LogP contribution in [0.2, 0.25) is 0 Å². The van der Waals surface area contributed by atoms with Gasteiger partial charge in [0.15, 0.2) is 0 Å². The number of nitrogens with one attached hydrogen (secondary N) is 1. The molecule has 0 bridgehead atoms. The minimum absolute atomic E-state index is 0.496. The predicted molar refractivity (Wildman–Crippen MR) is 101 cm³/mol. The van der Waals surface area contributed by atoms with Crippen molar-refractivity contribution >= 4 is 18.3 Å². The van der Waals surface area contributed by atoms with E-state index in [0.29, 0.717) is 0 Å². The lowest BCUT2D eigenvalue weighted by Crippen LogP contribution is -2.10. The lowest BCUT2D eigenvalue weighted by molar-refractivity contribution is 0.959. The summed E-state index contributed by atoms with van der Waals surface area (Å²) in [5.74, 6) is 0. The van der Waals surface area contributed by atoms with E-state index in [1.54, 1.807) is 24.6 Å². The maximum Gasteiger partial charge on any atom is 0.112 e. The van der Waals surface area contributed by atoms with Crippen LogP contribution in [0.1, 0.15) is 53.4 Å². The highest BCUT2D eigenvalue weighted by Gasteiger charge is 2.32. The summed E-state index contributed by atoms with van der Waals surface area (Å²) in [6, 6.07) is 7.70. The van der Waals surface area contributed by atoms with Crippen molar-refractivity contribution < 1.29 is 0 Å². The van der Waals surface area contributed by atoms with Crippen LogP contribution in [-0.4, -0.2) is 40.1 Å². The number of H-pyrrole nitrogens is 1. The Labute approximate surface area is 136 Å². The van der Waals surface area contributed by atoms with Crippen molar-refractivity contribution in [2.24, 2.45) is 0 Å². The molecule has 1 heterocycles. The highest BCUT2D eigenvalue weighted by Crippen LogP contribution is 2.60. The van der Waals surface area contributed by atoms with E-state index in [1.807, 2.05) is 24.3 Å². The summed E-state index contributed by atoms with van der Waals surface area (Å²) in [7, 11) is -0.496. The van der Waals surface area contributed by atoms with Crippen molar-refractivity contribution in [1.29, 1.82) is 0 Å². The van der Waals surface area contributed by atoms with Crippen LogP contribution in [0, 0.1) is 0 Å². The Balaban J connectivity index is 0.000000231. The molecule has 0 saturated heterocycles. The smallest absolute Gasteiger partial charge is 0.112 e. The van der Waals surface area contributed by atoms with E-state index in [-0.39, 0.29) is 0 Å². The monoisotopic (exact) mass is 322 g/mol.